The molecule has 1 atom stereocenters. The van der Waals surface area contributed by atoms with Gasteiger partial charge in [-0.25, -0.2) is 4.68 Å². The van der Waals surface area contributed by atoms with Crippen molar-refractivity contribution in [3.63, 3.8) is 0 Å². The van der Waals surface area contributed by atoms with Crippen molar-refractivity contribution in [1.82, 2.24) is 20.3 Å². The summed E-state index contributed by atoms with van der Waals surface area (Å²) in [7, 11) is 0. The third kappa shape index (κ3) is 4.55. The topological polar surface area (TPSA) is 95.1 Å². The molecule has 3 N–H and O–H groups in total. The molecule has 0 aliphatic heterocycles. The molecular formula is C21H25N5O2. The lowest BCUT2D eigenvalue weighted by molar-refractivity contribution is 0.0945. The summed E-state index contributed by atoms with van der Waals surface area (Å²) >= 11 is 0. The molecule has 7 heteroatoms. The zero-order valence-electron chi connectivity index (χ0n) is 16.3. The van der Waals surface area contributed by atoms with Gasteiger partial charge < -0.3 is 15.8 Å². The number of amides is 1. The first-order valence-electron chi connectivity index (χ1n) is 9.24. The van der Waals surface area contributed by atoms with Gasteiger partial charge in [0.1, 0.15) is 5.75 Å². The van der Waals surface area contributed by atoms with Gasteiger partial charge in [0.15, 0.2) is 5.69 Å². The van der Waals surface area contributed by atoms with Crippen LogP contribution in [0.3, 0.4) is 0 Å². The zero-order chi connectivity index (χ0) is 20.1. The van der Waals surface area contributed by atoms with Gasteiger partial charge >= 0.3 is 0 Å². The number of nitrogens with two attached hydrogens (primary N) is 1. The maximum absolute atomic E-state index is 12.5. The van der Waals surface area contributed by atoms with Crippen LogP contribution in [-0.2, 0) is 0 Å². The summed E-state index contributed by atoms with van der Waals surface area (Å²) < 4.78 is 7.28. The van der Waals surface area contributed by atoms with E-state index in [0.29, 0.717) is 12.2 Å². The van der Waals surface area contributed by atoms with Crippen LogP contribution in [0.25, 0.3) is 5.69 Å². The standard InChI is InChI=1S/C21H25N5O2/c1-14(2)28-18-11-9-17(10-12-18)26-15(3)20(24-25-26)21(27)23-13-19(22)16-7-5-4-6-8-16/h4-12,14,19H,13,22H2,1-3H3,(H,23,27). The highest BCUT2D eigenvalue weighted by molar-refractivity contribution is 5.93. The fourth-order valence-electron chi connectivity index (χ4n) is 2.83. The summed E-state index contributed by atoms with van der Waals surface area (Å²) in [5, 5.41) is 11.0. The summed E-state index contributed by atoms with van der Waals surface area (Å²) in [4.78, 5) is 12.5. The Kier molecular flexibility index (Phi) is 6.06. The lowest BCUT2D eigenvalue weighted by Crippen LogP contribution is -2.32. The molecule has 28 heavy (non-hydrogen) atoms. The minimum atomic E-state index is -0.296. The van der Waals surface area contributed by atoms with Gasteiger partial charge in [0.05, 0.1) is 17.5 Å². The molecule has 0 fully saturated rings. The quantitative estimate of drug-likeness (QED) is 0.658. The fourth-order valence-corrected chi connectivity index (χ4v) is 2.83. The molecule has 0 spiro atoms. The van der Waals surface area contributed by atoms with Gasteiger partial charge in [-0.1, -0.05) is 35.5 Å². The number of nitrogens with zero attached hydrogens (tertiary/aromatic N) is 3. The average Bonchev–Trinajstić information content (AvgIpc) is 3.08. The second kappa shape index (κ2) is 8.67. The first-order valence-corrected chi connectivity index (χ1v) is 9.24. The molecule has 0 bridgehead atoms. The van der Waals surface area contributed by atoms with Gasteiger partial charge in [0.2, 0.25) is 0 Å². The predicted molar refractivity (Wildman–Crippen MR) is 108 cm³/mol. The second-order valence-electron chi connectivity index (χ2n) is 6.82. The Morgan fingerprint density at radius 2 is 1.82 bits per heavy atom. The summed E-state index contributed by atoms with van der Waals surface area (Å²) in [5.41, 5.74) is 8.84. The van der Waals surface area contributed by atoms with Crippen molar-refractivity contribution in [3.05, 3.63) is 71.5 Å². The molecule has 3 rings (SSSR count). The molecule has 1 heterocycles. The Hall–Kier alpha value is -3.19. The van der Waals surface area contributed by atoms with E-state index in [1.165, 1.54) is 0 Å². The number of nitrogens with one attached hydrogen (secondary N) is 1. The van der Waals surface area contributed by atoms with E-state index in [4.69, 9.17) is 10.5 Å². The monoisotopic (exact) mass is 379 g/mol. The van der Waals surface area contributed by atoms with Gasteiger partial charge in [-0.3, -0.25) is 4.79 Å². The molecule has 146 valence electrons. The van der Waals surface area contributed by atoms with Gasteiger partial charge in [-0.2, -0.15) is 0 Å². The smallest absolute Gasteiger partial charge is 0.273 e. The molecular weight excluding hydrogens is 354 g/mol. The SMILES string of the molecule is Cc1c(C(=O)NCC(N)c2ccccc2)nnn1-c1ccc(OC(C)C)cc1. The number of benzene rings is 2. The number of carbonyl (C=O) groups is 1. The van der Waals surface area contributed by atoms with E-state index in [-0.39, 0.29) is 23.7 Å². The van der Waals surface area contributed by atoms with Crippen molar-refractivity contribution in [2.45, 2.75) is 32.9 Å². The van der Waals surface area contributed by atoms with Crippen molar-refractivity contribution in [1.29, 1.82) is 0 Å². The van der Waals surface area contributed by atoms with Crippen molar-refractivity contribution >= 4 is 5.91 Å². The Balaban J connectivity index is 1.67. The number of aromatic nitrogens is 3. The van der Waals surface area contributed by atoms with Crippen LogP contribution < -0.4 is 15.8 Å². The number of hydrogen-bond donors (Lipinski definition) is 2. The van der Waals surface area contributed by atoms with Crippen molar-refractivity contribution in [2.24, 2.45) is 5.73 Å². The van der Waals surface area contributed by atoms with E-state index in [2.05, 4.69) is 15.6 Å². The first kappa shape index (κ1) is 19.6. The first-order chi connectivity index (χ1) is 13.5. The minimum absolute atomic E-state index is 0.108. The molecule has 1 amide bonds. The predicted octanol–water partition coefficient (Wildman–Crippen LogP) is 2.79. The van der Waals surface area contributed by atoms with Crippen LogP contribution in [0.4, 0.5) is 0 Å². The molecule has 0 aliphatic rings. The van der Waals surface area contributed by atoms with E-state index in [0.717, 1.165) is 17.0 Å². The van der Waals surface area contributed by atoms with E-state index in [1.807, 2.05) is 75.4 Å². The highest BCUT2D eigenvalue weighted by atomic mass is 16.5. The molecule has 3 aromatic rings. The van der Waals surface area contributed by atoms with Gasteiger partial charge in [-0.05, 0) is 50.6 Å². The second-order valence-corrected chi connectivity index (χ2v) is 6.82. The lowest BCUT2D eigenvalue weighted by atomic mass is 10.1. The summed E-state index contributed by atoms with van der Waals surface area (Å²) in [6.45, 7) is 6.08. The molecule has 0 aliphatic carbocycles. The molecule has 1 unspecified atom stereocenters. The van der Waals surface area contributed by atoms with Crippen molar-refractivity contribution in [3.8, 4) is 11.4 Å². The van der Waals surface area contributed by atoms with E-state index in [9.17, 15) is 4.79 Å². The largest absolute Gasteiger partial charge is 0.491 e. The maximum Gasteiger partial charge on any atom is 0.273 e. The zero-order valence-corrected chi connectivity index (χ0v) is 16.3. The number of hydrogen-bond acceptors (Lipinski definition) is 5. The molecule has 7 nitrogen and oxygen atoms in total. The summed E-state index contributed by atoms with van der Waals surface area (Å²) in [6, 6.07) is 16.9. The van der Waals surface area contributed by atoms with E-state index < -0.39 is 0 Å². The van der Waals surface area contributed by atoms with Crippen LogP contribution in [0.1, 0.15) is 41.6 Å². The molecule has 0 saturated carbocycles. The van der Waals surface area contributed by atoms with Gasteiger partial charge in [-0.15, -0.1) is 5.10 Å². The Morgan fingerprint density at radius 1 is 1.14 bits per heavy atom. The van der Waals surface area contributed by atoms with E-state index in [1.54, 1.807) is 4.68 Å². The third-order valence-electron chi connectivity index (χ3n) is 4.27. The highest BCUT2D eigenvalue weighted by Gasteiger charge is 2.18. The fraction of sp³-hybridized carbons (Fsp3) is 0.286. The Bertz CT molecular complexity index is 920. The Labute approximate surface area is 164 Å². The Morgan fingerprint density at radius 3 is 2.46 bits per heavy atom. The number of ether oxygens (including phenoxy) is 1. The molecule has 1 aromatic heterocycles. The number of rotatable bonds is 7. The van der Waals surface area contributed by atoms with Gasteiger partial charge in [0.25, 0.3) is 5.91 Å². The van der Waals surface area contributed by atoms with Crippen LogP contribution >= 0.6 is 0 Å². The summed E-state index contributed by atoms with van der Waals surface area (Å²) in [5.74, 6) is 0.485. The van der Waals surface area contributed by atoms with Crippen LogP contribution in [0.5, 0.6) is 5.75 Å². The number of carbonyl (C=O) groups excluding carboxylic acids is 1. The molecule has 0 saturated heterocycles. The normalized spacial score (nSPS) is 12.0. The molecule has 2 aromatic carbocycles. The minimum Gasteiger partial charge on any atom is -0.491 e. The van der Waals surface area contributed by atoms with Crippen molar-refractivity contribution in [2.75, 3.05) is 6.54 Å². The van der Waals surface area contributed by atoms with E-state index >= 15 is 0 Å². The van der Waals surface area contributed by atoms with Crippen LogP contribution in [0.2, 0.25) is 0 Å². The average molecular weight is 379 g/mol. The van der Waals surface area contributed by atoms with Gasteiger partial charge in [0, 0.05) is 12.6 Å². The van der Waals surface area contributed by atoms with Crippen LogP contribution in [-0.4, -0.2) is 33.5 Å². The van der Waals surface area contributed by atoms with Crippen LogP contribution in [0.15, 0.2) is 54.6 Å². The highest BCUT2D eigenvalue weighted by Crippen LogP contribution is 2.18. The summed E-state index contributed by atoms with van der Waals surface area (Å²) in [6.07, 6.45) is 0.108. The maximum atomic E-state index is 12.5. The van der Waals surface area contributed by atoms with Crippen molar-refractivity contribution < 1.29 is 9.53 Å². The molecule has 0 radical (unpaired) electrons. The van der Waals surface area contributed by atoms with Crippen LogP contribution in [0, 0.1) is 6.92 Å². The lowest BCUT2D eigenvalue weighted by Gasteiger charge is -2.12. The third-order valence-corrected chi connectivity index (χ3v) is 4.27.